The van der Waals surface area contributed by atoms with Gasteiger partial charge in [0.2, 0.25) is 0 Å². The lowest BCUT2D eigenvalue weighted by atomic mass is 10.3. The zero-order valence-corrected chi connectivity index (χ0v) is 4.20. The van der Waals surface area contributed by atoms with Gasteiger partial charge in [-0.1, -0.05) is 0 Å². The number of hydrogen-bond donors (Lipinski definition) is 0. The quantitative estimate of drug-likeness (QED) is 0.462. The Bertz CT molecular complexity index is 94.3. The molecule has 0 aromatic carbocycles. The van der Waals surface area contributed by atoms with Crippen LogP contribution in [0.3, 0.4) is 0 Å². The molecule has 1 aliphatic carbocycles. The van der Waals surface area contributed by atoms with Crippen LogP contribution in [0.1, 0.15) is 6.42 Å². The van der Waals surface area contributed by atoms with Crippen molar-refractivity contribution in [3.05, 3.63) is 6.92 Å². The molecule has 0 aromatic rings. The van der Waals surface area contributed by atoms with Crippen molar-refractivity contribution in [3.8, 4) is 0 Å². The fourth-order valence-corrected chi connectivity index (χ4v) is 0.648. The third-order valence-electron chi connectivity index (χ3n) is 1.34. The Morgan fingerprint density at radius 1 is 1.38 bits per heavy atom. The molecule has 3 heteroatoms. The third-order valence-corrected chi connectivity index (χ3v) is 1.34. The van der Waals surface area contributed by atoms with Crippen LogP contribution < -0.4 is 0 Å². The van der Waals surface area contributed by atoms with Gasteiger partial charge in [0, 0.05) is 0 Å². The van der Waals surface area contributed by atoms with Crippen LogP contribution in [0, 0.1) is 18.8 Å². The minimum Gasteiger partial charge on any atom is -0.171 e. The van der Waals surface area contributed by atoms with Crippen LogP contribution in [-0.2, 0) is 0 Å². The summed E-state index contributed by atoms with van der Waals surface area (Å²) in [6, 6.07) is 0. The normalized spacial score (nSPS) is 37.5. The summed E-state index contributed by atoms with van der Waals surface area (Å²) in [6.45, 7) is 3.28. The van der Waals surface area contributed by atoms with E-state index in [4.69, 9.17) is 0 Å². The smallest absolute Gasteiger partial charge is 0.171 e. The van der Waals surface area contributed by atoms with Crippen molar-refractivity contribution >= 4 is 0 Å². The maximum absolute atomic E-state index is 11.5. The maximum atomic E-state index is 11.5. The second kappa shape index (κ2) is 1.39. The Hall–Kier alpha value is -0.210. The van der Waals surface area contributed by atoms with Crippen LogP contribution in [0.15, 0.2) is 0 Å². The van der Waals surface area contributed by atoms with Gasteiger partial charge in [0.1, 0.15) is 0 Å². The summed E-state index contributed by atoms with van der Waals surface area (Å²) >= 11 is 0. The Morgan fingerprint density at radius 2 is 1.75 bits per heavy atom. The maximum Gasteiger partial charge on any atom is 0.392 e. The molecule has 2 unspecified atom stereocenters. The Labute approximate surface area is 45.7 Å². The van der Waals surface area contributed by atoms with Gasteiger partial charge in [0.05, 0.1) is 5.92 Å². The molecule has 0 heterocycles. The topological polar surface area (TPSA) is 0 Å². The first-order valence-electron chi connectivity index (χ1n) is 2.41. The second-order valence-corrected chi connectivity index (χ2v) is 2.14. The minimum absolute atomic E-state index is 0.226. The van der Waals surface area contributed by atoms with Crippen LogP contribution in [-0.4, -0.2) is 6.18 Å². The van der Waals surface area contributed by atoms with Gasteiger partial charge in [0.25, 0.3) is 0 Å². The number of hydrogen-bond acceptors (Lipinski definition) is 0. The monoisotopic (exact) mass is 123 g/mol. The van der Waals surface area contributed by atoms with Crippen LogP contribution in [0.5, 0.6) is 0 Å². The van der Waals surface area contributed by atoms with Gasteiger partial charge in [0.15, 0.2) is 0 Å². The molecule has 0 aliphatic heterocycles. The molecule has 1 fully saturated rings. The van der Waals surface area contributed by atoms with Gasteiger partial charge in [-0.2, -0.15) is 13.2 Å². The average Bonchev–Trinajstić information content (AvgIpc) is 2.13. The molecule has 1 rings (SSSR count). The largest absolute Gasteiger partial charge is 0.392 e. The highest BCUT2D eigenvalue weighted by atomic mass is 19.4. The Balaban J connectivity index is 2.39. The molecule has 1 radical (unpaired) electrons. The van der Waals surface area contributed by atoms with Gasteiger partial charge in [-0.25, -0.2) is 0 Å². The summed E-state index contributed by atoms with van der Waals surface area (Å²) in [5.41, 5.74) is 0. The van der Waals surface area contributed by atoms with E-state index < -0.39 is 12.1 Å². The van der Waals surface area contributed by atoms with Crippen molar-refractivity contribution in [2.24, 2.45) is 11.8 Å². The van der Waals surface area contributed by atoms with Crippen molar-refractivity contribution in [1.29, 1.82) is 0 Å². The molecule has 0 aromatic heterocycles. The first kappa shape index (κ1) is 5.92. The fourth-order valence-electron chi connectivity index (χ4n) is 0.648. The molecular weight excluding hydrogens is 117 g/mol. The van der Waals surface area contributed by atoms with E-state index in [-0.39, 0.29) is 12.3 Å². The van der Waals surface area contributed by atoms with Gasteiger partial charge >= 0.3 is 6.18 Å². The Kier molecular flexibility index (Phi) is 1.03. The molecule has 1 aliphatic rings. The highest BCUT2D eigenvalue weighted by molar-refractivity contribution is 4.92. The first-order chi connectivity index (χ1) is 3.52. The van der Waals surface area contributed by atoms with Crippen LogP contribution in [0.4, 0.5) is 13.2 Å². The Morgan fingerprint density at radius 3 is 1.75 bits per heavy atom. The van der Waals surface area contributed by atoms with Crippen LogP contribution in [0.25, 0.3) is 0 Å². The molecule has 0 spiro atoms. The summed E-state index contributed by atoms with van der Waals surface area (Å²) in [5.74, 6) is -1.46. The molecule has 47 valence electrons. The zero-order valence-electron chi connectivity index (χ0n) is 4.20. The van der Waals surface area contributed by atoms with E-state index in [2.05, 4.69) is 6.92 Å². The predicted octanol–water partition coefficient (Wildman–Crippen LogP) is 2.02. The van der Waals surface area contributed by atoms with E-state index in [0.29, 0.717) is 0 Å². The number of rotatable bonds is 0. The van der Waals surface area contributed by atoms with Crippen LogP contribution >= 0.6 is 0 Å². The second-order valence-electron chi connectivity index (χ2n) is 2.14. The summed E-state index contributed by atoms with van der Waals surface area (Å²) < 4.78 is 34.4. The van der Waals surface area contributed by atoms with Gasteiger partial charge in [-0.05, 0) is 19.3 Å². The molecule has 1 saturated carbocycles. The first-order valence-corrected chi connectivity index (χ1v) is 2.41. The molecule has 0 bridgehead atoms. The number of halogens is 3. The predicted molar refractivity (Wildman–Crippen MR) is 23.0 cm³/mol. The van der Waals surface area contributed by atoms with E-state index in [1.165, 1.54) is 0 Å². The standard InChI is InChI=1S/C5H6F3/c1-3-2-4(3)5(6,7)8/h3-4H,1-2H2. The van der Waals surface area contributed by atoms with E-state index >= 15 is 0 Å². The molecule has 0 N–H and O–H groups in total. The molecule has 8 heavy (non-hydrogen) atoms. The van der Waals surface area contributed by atoms with E-state index in [9.17, 15) is 13.2 Å². The van der Waals surface area contributed by atoms with Gasteiger partial charge in [-0.15, -0.1) is 0 Å². The summed E-state index contributed by atoms with van der Waals surface area (Å²) in [7, 11) is 0. The van der Waals surface area contributed by atoms with E-state index in [0.717, 1.165) is 0 Å². The van der Waals surface area contributed by atoms with Crippen molar-refractivity contribution < 1.29 is 13.2 Å². The van der Waals surface area contributed by atoms with E-state index in [1.807, 2.05) is 0 Å². The SMILES string of the molecule is [CH2]C1CC1C(F)(F)F. The van der Waals surface area contributed by atoms with Gasteiger partial charge < -0.3 is 0 Å². The average molecular weight is 123 g/mol. The lowest BCUT2D eigenvalue weighted by Crippen LogP contribution is -2.10. The lowest BCUT2D eigenvalue weighted by Gasteiger charge is -2.01. The van der Waals surface area contributed by atoms with Crippen molar-refractivity contribution in [1.82, 2.24) is 0 Å². The zero-order chi connectivity index (χ0) is 6.36. The summed E-state index contributed by atoms with van der Waals surface area (Å²) in [6.07, 6.45) is -3.75. The van der Waals surface area contributed by atoms with Crippen LogP contribution in [0.2, 0.25) is 0 Å². The number of alkyl halides is 3. The van der Waals surface area contributed by atoms with E-state index in [1.54, 1.807) is 0 Å². The fraction of sp³-hybridized carbons (Fsp3) is 0.800. The molecule has 0 saturated heterocycles. The molecular formula is C5H6F3. The summed E-state index contributed by atoms with van der Waals surface area (Å²) in [4.78, 5) is 0. The van der Waals surface area contributed by atoms with Crippen molar-refractivity contribution in [3.63, 3.8) is 0 Å². The van der Waals surface area contributed by atoms with Gasteiger partial charge in [-0.3, -0.25) is 0 Å². The molecule has 0 nitrogen and oxygen atoms in total. The highest BCUT2D eigenvalue weighted by Gasteiger charge is 2.53. The summed E-state index contributed by atoms with van der Waals surface area (Å²) in [5, 5.41) is 0. The molecule has 0 amide bonds. The third kappa shape index (κ3) is 0.956. The lowest BCUT2D eigenvalue weighted by molar-refractivity contribution is -0.149. The minimum atomic E-state index is -3.98. The van der Waals surface area contributed by atoms with Crippen molar-refractivity contribution in [2.45, 2.75) is 12.6 Å². The van der Waals surface area contributed by atoms with Crippen molar-refractivity contribution in [2.75, 3.05) is 0 Å². The molecule has 2 atom stereocenters. The highest BCUT2D eigenvalue weighted by Crippen LogP contribution is 2.49.